The van der Waals surface area contributed by atoms with E-state index in [4.69, 9.17) is 24.2 Å². The van der Waals surface area contributed by atoms with Crippen molar-refractivity contribution in [2.24, 2.45) is 4.99 Å². The van der Waals surface area contributed by atoms with Gasteiger partial charge in [0, 0.05) is 5.56 Å². The standard InChI is InChI=1S/C20H16N2O5/c1-24-15-6-4-14(5-7-15)19-22-16(20(23)27-19)11-13-3-8-17(26-10-9-21)18(12-13)25-2/h3-8,11-12H,10H2,1-2H3/b16-11+. The Morgan fingerprint density at radius 2 is 1.89 bits per heavy atom. The molecule has 0 aliphatic carbocycles. The SMILES string of the molecule is COc1ccc(C2=N/C(=C/c3ccc(OCC#N)c(OC)c3)C(=O)O2)cc1. The summed E-state index contributed by atoms with van der Waals surface area (Å²) in [5.41, 5.74) is 1.53. The van der Waals surface area contributed by atoms with Crippen LogP contribution in [0.2, 0.25) is 0 Å². The molecule has 7 nitrogen and oxygen atoms in total. The average molecular weight is 364 g/mol. The summed E-state index contributed by atoms with van der Waals surface area (Å²) in [5.74, 6) is 1.28. The van der Waals surface area contributed by atoms with Crippen molar-refractivity contribution in [2.75, 3.05) is 20.8 Å². The van der Waals surface area contributed by atoms with E-state index in [0.717, 1.165) is 0 Å². The molecule has 0 fully saturated rings. The number of nitrogens with zero attached hydrogens (tertiary/aromatic N) is 2. The van der Waals surface area contributed by atoms with Crippen LogP contribution in [-0.2, 0) is 9.53 Å². The predicted octanol–water partition coefficient (Wildman–Crippen LogP) is 2.95. The summed E-state index contributed by atoms with van der Waals surface area (Å²) in [5, 5.41) is 8.61. The van der Waals surface area contributed by atoms with E-state index in [1.165, 1.54) is 7.11 Å². The number of carbonyl (C=O) groups excluding carboxylic acids is 1. The Labute approximate surface area is 156 Å². The van der Waals surface area contributed by atoms with Gasteiger partial charge in [0.25, 0.3) is 0 Å². The highest BCUT2D eigenvalue weighted by atomic mass is 16.6. The van der Waals surface area contributed by atoms with Crippen LogP contribution in [-0.4, -0.2) is 32.7 Å². The number of benzene rings is 2. The van der Waals surface area contributed by atoms with Gasteiger partial charge in [-0.3, -0.25) is 0 Å². The number of esters is 1. The van der Waals surface area contributed by atoms with E-state index in [1.807, 2.05) is 6.07 Å². The normalized spacial score (nSPS) is 14.3. The minimum absolute atomic E-state index is 0.0847. The van der Waals surface area contributed by atoms with Crippen molar-refractivity contribution in [3.63, 3.8) is 0 Å². The minimum Gasteiger partial charge on any atom is -0.497 e. The molecule has 2 aromatic rings. The van der Waals surface area contributed by atoms with Crippen molar-refractivity contribution in [3.05, 3.63) is 59.3 Å². The van der Waals surface area contributed by atoms with Gasteiger partial charge in [0.2, 0.25) is 5.90 Å². The molecule has 2 aromatic carbocycles. The lowest BCUT2D eigenvalue weighted by Gasteiger charge is -2.08. The van der Waals surface area contributed by atoms with Crippen LogP contribution in [0.4, 0.5) is 0 Å². The number of cyclic esters (lactones) is 1. The van der Waals surface area contributed by atoms with E-state index in [1.54, 1.807) is 55.7 Å². The Balaban J connectivity index is 1.86. The molecule has 0 atom stereocenters. The van der Waals surface area contributed by atoms with Crippen LogP contribution in [0.3, 0.4) is 0 Å². The number of hydrogen-bond acceptors (Lipinski definition) is 7. The topological polar surface area (TPSA) is 90.1 Å². The fraction of sp³-hybridized carbons (Fsp3) is 0.150. The number of carbonyl (C=O) groups is 1. The molecule has 1 aliphatic rings. The van der Waals surface area contributed by atoms with E-state index in [-0.39, 0.29) is 18.2 Å². The second-order valence-corrected chi connectivity index (χ2v) is 5.42. The van der Waals surface area contributed by atoms with Gasteiger partial charge in [0.1, 0.15) is 11.8 Å². The van der Waals surface area contributed by atoms with Crippen LogP contribution >= 0.6 is 0 Å². The van der Waals surface area contributed by atoms with E-state index in [2.05, 4.69) is 4.99 Å². The van der Waals surface area contributed by atoms with Crippen molar-refractivity contribution >= 4 is 17.9 Å². The van der Waals surface area contributed by atoms with Crippen molar-refractivity contribution < 1.29 is 23.7 Å². The molecule has 7 heteroatoms. The second kappa shape index (κ2) is 8.06. The first-order chi connectivity index (χ1) is 13.1. The number of ether oxygens (including phenoxy) is 4. The summed E-state index contributed by atoms with van der Waals surface area (Å²) in [6, 6.07) is 14.0. The maximum Gasteiger partial charge on any atom is 0.363 e. The van der Waals surface area contributed by atoms with Gasteiger partial charge in [-0.2, -0.15) is 5.26 Å². The average Bonchev–Trinajstić information content (AvgIpc) is 3.07. The molecule has 3 rings (SSSR count). The first-order valence-electron chi connectivity index (χ1n) is 7.99. The summed E-state index contributed by atoms with van der Waals surface area (Å²) in [4.78, 5) is 16.4. The number of hydrogen-bond donors (Lipinski definition) is 0. The zero-order chi connectivity index (χ0) is 19.2. The number of rotatable bonds is 6. The molecule has 0 aromatic heterocycles. The number of methoxy groups -OCH3 is 2. The summed E-state index contributed by atoms with van der Waals surface area (Å²) in [6.07, 6.45) is 1.59. The molecule has 136 valence electrons. The molecule has 0 N–H and O–H groups in total. The number of nitriles is 1. The van der Waals surface area contributed by atoms with E-state index < -0.39 is 5.97 Å². The van der Waals surface area contributed by atoms with Crippen molar-refractivity contribution in [2.45, 2.75) is 0 Å². The lowest BCUT2D eigenvalue weighted by Crippen LogP contribution is -2.05. The van der Waals surface area contributed by atoms with Gasteiger partial charge in [-0.05, 0) is 48.0 Å². The smallest absolute Gasteiger partial charge is 0.363 e. The summed E-state index contributed by atoms with van der Waals surface area (Å²) >= 11 is 0. The van der Waals surface area contributed by atoms with Gasteiger partial charge in [-0.15, -0.1) is 0 Å². The molecule has 27 heavy (non-hydrogen) atoms. The molecular formula is C20H16N2O5. The Morgan fingerprint density at radius 1 is 1.11 bits per heavy atom. The fourth-order valence-electron chi connectivity index (χ4n) is 2.43. The molecule has 0 unspecified atom stereocenters. The van der Waals surface area contributed by atoms with Crippen LogP contribution in [0, 0.1) is 11.3 Å². The van der Waals surface area contributed by atoms with Crippen LogP contribution < -0.4 is 14.2 Å². The summed E-state index contributed by atoms with van der Waals surface area (Å²) in [6.45, 7) is -0.0847. The largest absolute Gasteiger partial charge is 0.497 e. The number of aliphatic imine (C=N–C) groups is 1. The molecular weight excluding hydrogens is 348 g/mol. The van der Waals surface area contributed by atoms with Crippen LogP contribution in [0.1, 0.15) is 11.1 Å². The Bertz CT molecular complexity index is 955. The monoisotopic (exact) mass is 364 g/mol. The molecule has 1 heterocycles. The molecule has 0 spiro atoms. The molecule has 0 saturated heterocycles. The van der Waals surface area contributed by atoms with Gasteiger partial charge in [0.15, 0.2) is 23.8 Å². The third kappa shape index (κ3) is 4.07. The third-order valence-electron chi connectivity index (χ3n) is 3.74. The highest BCUT2D eigenvalue weighted by molar-refractivity contribution is 6.12. The van der Waals surface area contributed by atoms with Gasteiger partial charge in [-0.25, -0.2) is 9.79 Å². The van der Waals surface area contributed by atoms with Gasteiger partial charge in [0.05, 0.1) is 14.2 Å². The quantitative estimate of drug-likeness (QED) is 0.578. The van der Waals surface area contributed by atoms with Crippen molar-refractivity contribution in [1.29, 1.82) is 5.26 Å². The lowest BCUT2D eigenvalue weighted by atomic mass is 10.1. The first kappa shape index (κ1) is 18.0. The van der Waals surface area contributed by atoms with Crippen molar-refractivity contribution in [3.8, 4) is 23.3 Å². The Morgan fingerprint density at radius 3 is 2.56 bits per heavy atom. The Hall–Kier alpha value is -3.79. The Kier molecular flexibility index (Phi) is 5.38. The summed E-state index contributed by atoms with van der Waals surface area (Å²) in [7, 11) is 3.07. The third-order valence-corrected chi connectivity index (χ3v) is 3.74. The lowest BCUT2D eigenvalue weighted by molar-refractivity contribution is -0.129. The fourth-order valence-corrected chi connectivity index (χ4v) is 2.43. The molecule has 0 bridgehead atoms. The van der Waals surface area contributed by atoms with Gasteiger partial charge in [-0.1, -0.05) is 6.07 Å². The zero-order valence-corrected chi connectivity index (χ0v) is 14.8. The molecule has 0 amide bonds. The molecule has 0 radical (unpaired) electrons. The summed E-state index contributed by atoms with van der Waals surface area (Å²) < 4.78 is 20.9. The van der Waals surface area contributed by atoms with Crippen LogP contribution in [0.25, 0.3) is 6.08 Å². The maximum atomic E-state index is 12.1. The first-order valence-corrected chi connectivity index (χ1v) is 7.99. The highest BCUT2D eigenvalue weighted by Gasteiger charge is 2.24. The van der Waals surface area contributed by atoms with E-state index in [0.29, 0.717) is 28.4 Å². The maximum absolute atomic E-state index is 12.1. The van der Waals surface area contributed by atoms with Crippen LogP contribution in [0.15, 0.2) is 53.2 Å². The zero-order valence-electron chi connectivity index (χ0n) is 14.8. The van der Waals surface area contributed by atoms with E-state index in [9.17, 15) is 4.79 Å². The highest BCUT2D eigenvalue weighted by Crippen LogP contribution is 2.29. The molecule has 0 saturated carbocycles. The van der Waals surface area contributed by atoms with Crippen LogP contribution in [0.5, 0.6) is 17.2 Å². The van der Waals surface area contributed by atoms with Gasteiger partial charge >= 0.3 is 5.97 Å². The minimum atomic E-state index is -0.537. The van der Waals surface area contributed by atoms with Crippen molar-refractivity contribution in [1.82, 2.24) is 0 Å². The second-order valence-electron chi connectivity index (χ2n) is 5.42. The van der Waals surface area contributed by atoms with E-state index >= 15 is 0 Å². The predicted molar refractivity (Wildman–Crippen MR) is 97.7 cm³/mol. The van der Waals surface area contributed by atoms with Gasteiger partial charge < -0.3 is 18.9 Å². The molecule has 1 aliphatic heterocycles.